The molecule has 2 rings (SSSR count). The van der Waals surface area contributed by atoms with Gasteiger partial charge in [-0.1, -0.05) is 18.2 Å². The van der Waals surface area contributed by atoms with Gasteiger partial charge in [0.2, 0.25) is 5.91 Å². The highest BCUT2D eigenvalue weighted by Gasteiger charge is 2.29. The molecule has 1 fully saturated rings. The van der Waals surface area contributed by atoms with Gasteiger partial charge in [0.1, 0.15) is 0 Å². The van der Waals surface area contributed by atoms with E-state index in [4.69, 9.17) is 0 Å². The lowest BCUT2D eigenvalue weighted by atomic mass is 10.2. The van der Waals surface area contributed by atoms with Gasteiger partial charge in [0.05, 0.1) is 6.54 Å². The highest BCUT2D eigenvalue weighted by molar-refractivity contribution is 8.00. The van der Waals surface area contributed by atoms with Gasteiger partial charge in [0.25, 0.3) is 0 Å². The molecule has 3 nitrogen and oxygen atoms in total. The summed E-state index contributed by atoms with van der Waals surface area (Å²) in [6.45, 7) is 6.48. The third-order valence-corrected chi connectivity index (χ3v) is 4.29. The van der Waals surface area contributed by atoms with Gasteiger partial charge < -0.3 is 10.2 Å². The van der Waals surface area contributed by atoms with Crippen LogP contribution in [-0.4, -0.2) is 40.9 Å². The number of para-hydroxylation sites is 1. The van der Waals surface area contributed by atoms with Gasteiger partial charge in [0.15, 0.2) is 0 Å². The predicted octanol–water partition coefficient (Wildman–Crippen LogP) is 2.45. The van der Waals surface area contributed by atoms with Crippen LogP contribution >= 0.6 is 11.8 Å². The summed E-state index contributed by atoms with van der Waals surface area (Å²) in [6.07, 6.45) is 0. The summed E-state index contributed by atoms with van der Waals surface area (Å²) in [6, 6.07) is 9.85. The van der Waals surface area contributed by atoms with Gasteiger partial charge in [-0.25, -0.2) is 0 Å². The summed E-state index contributed by atoms with van der Waals surface area (Å²) in [7, 11) is 0. The minimum Gasteiger partial charge on any atom is -0.376 e. The average molecular weight is 264 g/mol. The lowest BCUT2D eigenvalue weighted by Gasteiger charge is -2.37. The Morgan fingerprint density at radius 3 is 2.78 bits per heavy atom. The van der Waals surface area contributed by atoms with Crippen LogP contribution in [0.4, 0.5) is 5.69 Å². The number of hydrogen-bond donors (Lipinski definition) is 1. The number of carbonyl (C=O) groups is 1. The summed E-state index contributed by atoms with van der Waals surface area (Å²) in [5, 5.41) is 3.17. The summed E-state index contributed by atoms with van der Waals surface area (Å²) in [4.78, 5) is 14.1. The molecule has 0 aromatic heterocycles. The van der Waals surface area contributed by atoms with E-state index < -0.39 is 0 Å². The lowest BCUT2D eigenvalue weighted by Crippen LogP contribution is -2.47. The maximum Gasteiger partial charge on any atom is 0.241 e. The van der Waals surface area contributed by atoms with Gasteiger partial charge in [-0.3, -0.25) is 4.79 Å². The molecule has 1 aromatic carbocycles. The van der Waals surface area contributed by atoms with Crippen LogP contribution in [0.5, 0.6) is 0 Å². The van der Waals surface area contributed by atoms with Crippen LogP contribution < -0.4 is 5.32 Å². The molecule has 0 spiro atoms. The average Bonchev–Trinajstić information content (AvgIpc) is 2.36. The molecule has 0 unspecified atom stereocenters. The monoisotopic (exact) mass is 264 g/mol. The fraction of sp³-hybridized carbons (Fsp3) is 0.500. The molecule has 0 atom stereocenters. The Kier molecular flexibility index (Phi) is 4.17. The summed E-state index contributed by atoms with van der Waals surface area (Å²) < 4.78 is 0.181. The van der Waals surface area contributed by atoms with Gasteiger partial charge >= 0.3 is 0 Å². The Morgan fingerprint density at radius 1 is 1.39 bits per heavy atom. The molecule has 98 valence electrons. The summed E-state index contributed by atoms with van der Waals surface area (Å²) in [5.41, 5.74) is 0.997. The SMILES string of the molecule is CC1(C)CN(C(=O)CNc2ccccc2)CCS1. The molecule has 0 aliphatic carbocycles. The highest BCUT2D eigenvalue weighted by Crippen LogP contribution is 2.29. The van der Waals surface area contributed by atoms with E-state index in [0.717, 1.165) is 24.5 Å². The number of hydrogen-bond acceptors (Lipinski definition) is 3. The minimum absolute atomic E-state index is 0.181. The number of anilines is 1. The van der Waals surface area contributed by atoms with E-state index in [-0.39, 0.29) is 10.7 Å². The number of amides is 1. The van der Waals surface area contributed by atoms with E-state index in [0.29, 0.717) is 6.54 Å². The third-order valence-electron chi connectivity index (χ3n) is 3.00. The molecule has 1 amide bonds. The van der Waals surface area contributed by atoms with Crippen LogP contribution in [0.3, 0.4) is 0 Å². The zero-order valence-electron chi connectivity index (χ0n) is 11.0. The molecule has 1 aliphatic rings. The topological polar surface area (TPSA) is 32.3 Å². The lowest BCUT2D eigenvalue weighted by molar-refractivity contribution is -0.129. The second-order valence-corrected chi connectivity index (χ2v) is 6.95. The van der Waals surface area contributed by atoms with Crippen LogP contribution in [0.2, 0.25) is 0 Å². The zero-order valence-corrected chi connectivity index (χ0v) is 11.8. The number of nitrogens with one attached hydrogen (secondary N) is 1. The van der Waals surface area contributed by atoms with E-state index in [9.17, 15) is 4.79 Å². The molecular formula is C14H20N2OS. The number of rotatable bonds is 3. The predicted molar refractivity (Wildman–Crippen MR) is 78.0 cm³/mol. The van der Waals surface area contributed by atoms with Gasteiger partial charge in [-0.05, 0) is 26.0 Å². The number of benzene rings is 1. The molecule has 4 heteroatoms. The van der Waals surface area contributed by atoms with Crippen molar-refractivity contribution in [2.45, 2.75) is 18.6 Å². The molecule has 1 saturated heterocycles. The molecule has 0 radical (unpaired) electrons. The zero-order chi connectivity index (χ0) is 13.0. The molecule has 0 saturated carbocycles. The molecule has 18 heavy (non-hydrogen) atoms. The first-order chi connectivity index (χ1) is 8.57. The molecule has 1 aliphatic heterocycles. The van der Waals surface area contributed by atoms with Crippen molar-refractivity contribution >= 4 is 23.4 Å². The van der Waals surface area contributed by atoms with Crippen molar-refractivity contribution in [3.63, 3.8) is 0 Å². The fourth-order valence-electron chi connectivity index (χ4n) is 2.07. The van der Waals surface area contributed by atoms with Gasteiger partial charge in [0, 0.05) is 29.3 Å². The Hall–Kier alpha value is -1.16. The maximum atomic E-state index is 12.1. The van der Waals surface area contributed by atoms with Crippen molar-refractivity contribution < 1.29 is 4.79 Å². The number of thioether (sulfide) groups is 1. The van der Waals surface area contributed by atoms with E-state index in [1.54, 1.807) is 0 Å². The maximum absolute atomic E-state index is 12.1. The smallest absolute Gasteiger partial charge is 0.241 e. The first-order valence-electron chi connectivity index (χ1n) is 6.27. The Labute approximate surface area is 113 Å². The van der Waals surface area contributed by atoms with Crippen molar-refractivity contribution in [2.75, 3.05) is 30.7 Å². The van der Waals surface area contributed by atoms with Gasteiger partial charge in [-0.15, -0.1) is 0 Å². The summed E-state index contributed by atoms with van der Waals surface area (Å²) in [5.74, 6) is 1.22. The second-order valence-electron chi connectivity index (χ2n) is 5.14. The quantitative estimate of drug-likeness (QED) is 0.910. The molecular weight excluding hydrogens is 244 g/mol. The van der Waals surface area contributed by atoms with Crippen molar-refractivity contribution in [1.29, 1.82) is 0 Å². The number of nitrogens with zero attached hydrogens (tertiary/aromatic N) is 1. The fourth-order valence-corrected chi connectivity index (χ4v) is 3.19. The van der Waals surface area contributed by atoms with Crippen molar-refractivity contribution in [3.05, 3.63) is 30.3 Å². The highest BCUT2D eigenvalue weighted by atomic mass is 32.2. The Bertz CT molecular complexity index is 406. The molecule has 1 aromatic rings. The van der Waals surface area contributed by atoms with Gasteiger partial charge in [-0.2, -0.15) is 11.8 Å². The van der Waals surface area contributed by atoms with Crippen molar-refractivity contribution in [1.82, 2.24) is 4.90 Å². The van der Waals surface area contributed by atoms with E-state index >= 15 is 0 Å². The number of carbonyl (C=O) groups excluding carboxylic acids is 1. The van der Waals surface area contributed by atoms with E-state index in [1.807, 2.05) is 47.0 Å². The Morgan fingerprint density at radius 2 is 2.11 bits per heavy atom. The van der Waals surface area contributed by atoms with Crippen LogP contribution in [0.1, 0.15) is 13.8 Å². The van der Waals surface area contributed by atoms with Crippen LogP contribution in [0, 0.1) is 0 Å². The third kappa shape index (κ3) is 3.67. The second kappa shape index (κ2) is 5.65. The first kappa shape index (κ1) is 13.3. The van der Waals surface area contributed by atoms with Crippen LogP contribution in [0.15, 0.2) is 30.3 Å². The normalized spacial score (nSPS) is 18.4. The summed E-state index contributed by atoms with van der Waals surface area (Å²) >= 11 is 1.94. The largest absolute Gasteiger partial charge is 0.376 e. The van der Waals surface area contributed by atoms with Crippen LogP contribution in [-0.2, 0) is 4.79 Å². The first-order valence-corrected chi connectivity index (χ1v) is 7.26. The van der Waals surface area contributed by atoms with Crippen molar-refractivity contribution in [3.8, 4) is 0 Å². The van der Waals surface area contributed by atoms with Crippen LogP contribution in [0.25, 0.3) is 0 Å². The van der Waals surface area contributed by atoms with E-state index in [1.165, 1.54) is 0 Å². The van der Waals surface area contributed by atoms with Crippen molar-refractivity contribution in [2.24, 2.45) is 0 Å². The molecule has 1 N–H and O–H groups in total. The molecule has 0 bridgehead atoms. The minimum atomic E-state index is 0.181. The Balaban J connectivity index is 1.85. The van der Waals surface area contributed by atoms with E-state index in [2.05, 4.69) is 19.2 Å². The molecule has 1 heterocycles. The standard InChI is InChI=1S/C14H20N2OS/c1-14(2)11-16(8-9-18-14)13(17)10-15-12-6-4-3-5-7-12/h3-7,15H,8-11H2,1-2H3.